The minimum Gasteiger partial charge on any atom is -0.381 e. The predicted octanol–water partition coefficient (Wildman–Crippen LogP) is 1.35. The third-order valence-corrected chi connectivity index (χ3v) is 5.87. The Kier molecular flexibility index (Phi) is 8.44. The number of carbonyl (C=O) groups excluding carboxylic acids is 2. The van der Waals surface area contributed by atoms with Gasteiger partial charge < -0.3 is 25.6 Å². The molecule has 2 saturated heterocycles. The second-order valence-corrected chi connectivity index (χ2v) is 7.57. The number of halogens is 1. The highest BCUT2D eigenvalue weighted by Crippen LogP contribution is 2.20. The van der Waals surface area contributed by atoms with Crippen molar-refractivity contribution in [3.63, 3.8) is 0 Å². The van der Waals surface area contributed by atoms with E-state index in [1.165, 1.54) is 19.3 Å². The number of hydrogen-bond acceptors (Lipinski definition) is 4. The maximum atomic E-state index is 12.6. The zero-order chi connectivity index (χ0) is 17.6. The van der Waals surface area contributed by atoms with Gasteiger partial charge in [-0.25, -0.2) is 4.79 Å². The second kappa shape index (κ2) is 10.3. The van der Waals surface area contributed by atoms with E-state index >= 15 is 0 Å². The van der Waals surface area contributed by atoms with Crippen LogP contribution in [-0.4, -0.2) is 73.2 Å². The average molecular weight is 389 g/mol. The molecule has 0 bridgehead atoms. The van der Waals surface area contributed by atoms with Gasteiger partial charge in [-0.1, -0.05) is 19.3 Å². The quantitative estimate of drug-likeness (QED) is 0.763. The summed E-state index contributed by atoms with van der Waals surface area (Å²) in [5.41, 5.74) is 6.20. The molecule has 26 heavy (non-hydrogen) atoms. The lowest BCUT2D eigenvalue weighted by molar-refractivity contribution is -0.136. The van der Waals surface area contributed by atoms with Crippen molar-refractivity contribution in [2.45, 2.75) is 57.0 Å². The van der Waals surface area contributed by atoms with Crippen molar-refractivity contribution in [2.24, 2.45) is 11.7 Å². The number of urea groups is 1. The molecule has 2 heterocycles. The normalized spacial score (nSPS) is 23.9. The van der Waals surface area contributed by atoms with Crippen molar-refractivity contribution >= 4 is 24.3 Å². The number of rotatable bonds is 3. The fraction of sp³-hybridized carbons (Fsp3) is 0.889. The summed E-state index contributed by atoms with van der Waals surface area (Å²) in [6, 6.07) is -0.0953. The van der Waals surface area contributed by atoms with Crippen LogP contribution in [0.1, 0.15) is 44.9 Å². The van der Waals surface area contributed by atoms with Gasteiger partial charge in [-0.05, 0) is 31.6 Å². The Bertz CT molecular complexity index is 459. The Hall–Kier alpha value is -1.05. The van der Waals surface area contributed by atoms with Gasteiger partial charge in [0.25, 0.3) is 0 Å². The van der Waals surface area contributed by atoms with Gasteiger partial charge >= 0.3 is 6.03 Å². The van der Waals surface area contributed by atoms with Crippen molar-refractivity contribution < 1.29 is 14.3 Å². The largest absolute Gasteiger partial charge is 0.381 e. The molecule has 3 aliphatic rings. The average Bonchev–Trinajstić information content (AvgIpc) is 2.68. The zero-order valence-corrected chi connectivity index (χ0v) is 16.3. The lowest BCUT2D eigenvalue weighted by atomic mass is 9.91. The first kappa shape index (κ1) is 21.3. The standard InChI is InChI=1S/C18H32N4O3.ClH/c19-16(14-6-12-25-13-7-14)17(23)21-8-10-22(11-9-21)18(24)20-15-4-2-1-3-5-15;/h14-16H,1-13,19H2,(H,20,24);1H. The van der Waals surface area contributed by atoms with Gasteiger partial charge in [-0.3, -0.25) is 4.79 Å². The molecule has 0 radical (unpaired) electrons. The minimum atomic E-state index is -0.438. The number of hydrogen-bond donors (Lipinski definition) is 2. The van der Waals surface area contributed by atoms with E-state index in [0.29, 0.717) is 45.4 Å². The molecular weight excluding hydrogens is 356 g/mol. The van der Waals surface area contributed by atoms with Gasteiger partial charge in [-0.15, -0.1) is 12.4 Å². The molecule has 1 aliphatic carbocycles. The summed E-state index contributed by atoms with van der Waals surface area (Å²) < 4.78 is 5.35. The van der Waals surface area contributed by atoms with Crippen LogP contribution in [0.2, 0.25) is 0 Å². The Balaban J connectivity index is 0.00000243. The van der Waals surface area contributed by atoms with E-state index < -0.39 is 6.04 Å². The predicted molar refractivity (Wildman–Crippen MR) is 102 cm³/mol. The summed E-state index contributed by atoms with van der Waals surface area (Å²) in [6.07, 6.45) is 7.58. The van der Waals surface area contributed by atoms with Crippen LogP contribution in [-0.2, 0) is 9.53 Å². The summed E-state index contributed by atoms with van der Waals surface area (Å²) in [7, 11) is 0. The van der Waals surface area contributed by atoms with Crippen molar-refractivity contribution in [3.05, 3.63) is 0 Å². The van der Waals surface area contributed by atoms with Gasteiger partial charge in [0.15, 0.2) is 0 Å². The first-order chi connectivity index (χ1) is 12.1. The number of piperazine rings is 1. The van der Waals surface area contributed by atoms with Crippen LogP contribution in [0.3, 0.4) is 0 Å². The lowest BCUT2D eigenvalue weighted by Crippen LogP contribution is -2.58. The van der Waals surface area contributed by atoms with E-state index in [-0.39, 0.29) is 30.3 Å². The number of nitrogens with zero attached hydrogens (tertiary/aromatic N) is 2. The van der Waals surface area contributed by atoms with Crippen LogP contribution >= 0.6 is 12.4 Å². The number of carbonyl (C=O) groups is 2. The fourth-order valence-electron chi connectivity index (χ4n) is 4.13. The fourth-order valence-corrected chi connectivity index (χ4v) is 4.13. The Morgan fingerprint density at radius 2 is 1.50 bits per heavy atom. The number of nitrogens with one attached hydrogen (secondary N) is 1. The molecule has 8 heteroatoms. The first-order valence-corrected chi connectivity index (χ1v) is 9.82. The molecule has 0 spiro atoms. The topological polar surface area (TPSA) is 87.9 Å². The van der Waals surface area contributed by atoms with E-state index in [4.69, 9.17) is 10.5 Å². The molecule has 0 aromatic rings. The summed E-state index contributed by atoms with van der Waals surface area (Å²) in [5, 5.41) is 3.15. The number of amides is 3. The van der Waals surface area contributed by atoms with E-state index in [1.807, 2.05) is 9.80 Å². The van der Waals surface area contributed by atoms with Gasteiger partial charge in [0, 0.05) is 45.4 Å². The summed E-state index contributed by atoms with van der Waals surface area (Å²) in [4.78, 5) is 28.7. The maximum absolute atomic E-state index is 12.6. The van der Waals surface area contributed by atoms with Crippen molar-refractivity contribution in [2.75, 3.05) is 39.4 Å². The van der Waals surface area contributed by atoms with Crippen molar-refractivity contribution in [1.82, 2.24) is 15.1 Å². The second-order valence-electron chi connectivity index (χ2n) is 7.57. The third-order valence-electron chi connectivity index (χ3n) is 5.87. The van der Waals surface area contributed by atoms with Crippen LogP contribution in [0.5, 0.6) is 0 Å². The highest BCUT2D eigenvalue weighted by atomic mass is 35.5. The molecule has 1 unspecified atom stereocenters. The van der Waals surface area contributed by atoms with Gasteiger partial charge in [-0.2, -0.15) is 0 Å². The zero-order valence-electron chi connectivity index (χ0n) is 15.5. The summed E-state index contributed by atoms with van der Waals surface area (Å²) >= 11 is 0. The molecule has 3 N–H and O–H groups in total. The van der Waals surface area contributed by atoms with Crippen LogP contribution in [0, 0.1) is 5.92 Å². The third kappa shape index (κ3) is 5.47. The summed E-state index contributed by atoms with van der Waals surface area (Å²) in [5.74, 6) is 0.244. The number of nitrogens with two attached hydrogens (primary N) is 1. The molecule has 0 aromatic carbocycles. The smallest absolute Gasteiger partial charge is 0.317 e. The molecule has 7 nitrogen and oxygen atoms in total. The van der Waals surface area contributed by atoms with Crippen LogP contribution in [0.25, 0.3) is 0 Å². The molecule has 3 amide bonds. The SMILES string of the molecule is Cl.NC(C(=O)N1CCN(C(=O)NC2CCCCC2)CC1)C1CCOCC1. The van der Waals surface area contributed by atoms with E-state index in [2.05, 4.69) is 5.32 Å². The van der Waals surface area contributed by atoms with Gasteiger partial charge in [0.2, 0.25) is 5.91 Å². The van der Waals surface area contributed by atoms with Gasteiger partial charge in [0.1, 0.15) is 0 Å². The van der Waals surface area contributed by atoms with Crippen molar-refractivity contribution in [1.29, 1.82) is 0 Å². The highest BCUT2D eigenvalue weighted by Gasteiger charge is 2.32. The molecule has 3 rings (SSSR count). The summed E-state index contributed by atoms with van der Waals surface area (Å²) in [6.45, 7) is 3.72. The molecule has 1 saturated carbocycles. The molecule has 150 valence electrons. The van der Waals surface area contributed by atoms with Crippen LogP contribution in [0.4, 0.5) is 4.79 Å². The first-order valence-electron chi connectivity index (χ1n) is 9.82. The van der Waals surface area contributed by atoms with Crippen LogP contribution < -0.4 is 11.1 Å². The minimum absolute atomic E-state index is 0. The molecular formula is C18H33ClN4O3. The Morgan fingerprint density at radius 3 is 2.12 bits per heavy atom. The molecule has 3 fully saturated rings. The van der Waals surface area contributed by atoms with Crippen molar-refractivity contribution in [3.8, 4) is 0 Å². The monoisotopic (exact) mass is 388 g/mol. The highest BCUT2D eigenvalue weighted by molar-refractivity contribution is 5.85. The maximum Gasteiger partial charge on any atom is 0.317 e. The van der Waals surface area contributed by atoms with E-state index in [0.717, 1.165) is 25.7 Å². The van der Waals surface area contributed by atoms with Gasteiger partial charge in [0.05, 0.1) is 6.04 Å². The van der Waals surface area contributed by atoms with E-state index in [9.17, 15) is 9.59 Å². The molecule has 0 aromatic heterocycles. The Morgan fingerprint density at radius 1 is 0.923 bits per heavy atom. The Labute approximate surface area is 162 Å². The lowest BCUT2D eigenvalue weighted by Gasteiger charge is -2.38. The molecule has 1 atom stereocenters. The number of ether oxygens (including phenoxy) is 1. The van der Waals surface area contributed by atoms with Crippen LogP contribution in [0.15, 0.2) is 0 Å². The van der Waals surface area contributed by atoms with E-state index in [1.54, 1.807) is 0 Å². The molecule has 2 aliphatic heterocycles.